The lowest BCUT2D eigenvalue weighted by Crippen LogP contribution is -2.29. The molecule has 0 aliphatic heterocycles. The molecular formula is C16H16N4O. The van der Waals surface area contributed by atoms with Gasteiger partial charge in [-0.3, -0.25) is 10.2 Å². The number of carbonyl (C=O) groups excluding carboxylic acids is 1. The van der Waals surface area contributed by atoms with Gasteiger partial charge in [-0.2, -0.15) is 5.26 Å². The Hall–Kier alpha value is -2.84. The van der Waals surface area contributed by atoms with E-state index in [1.165, 1.54) is 0 Å². The normalized spacial score (nSPS) is 9.81. The van der Waals surface area contributed by atoms with Crippen molar-refractivity contribution >= 4 is 11.6 Å². The van der Waals surface area contributed by atoms with E-state index in [9.17, 15) is 4.79 Å². The molecule has 0 saturated carbocycles. The van der Waals surface area contributed by atoms with Crippen LogP contribution in [0.25, 0.3) is 11.1 Å². The van der Waals surface area contributed by atoms with Gasteiger partial charge in [0, 0.05) is 30.9 Å². The standard InChI is InChI=1S/C16H16N4O/c1-20(2)15-9-11(10-17)3-8-14(15)12-4-6-13(7-5-12)16(21)19-18/h3-9H,18H2,1-2H3,(H,19,21). The molecule has 2 aromatic carbocycles. The number of hydrazine groups is 1. The fraction of sp³-hybridized carbons (Fsp3) is 0.125. The van der Waals surface area contributed by atoms with E-state index in [1.807, 2.05) is 43.3 Å². The van der Waals surface area contributed by atoms with E-state index >= 15 is 0 Å². The van der Waals surface area contributed by atoms with Crippen LogP contribution in [0.1, 0.15) is 15.9 Å². The third-order valence-corrected chi connectivity index (χ3v) is 3.20. The van der Waals surface area contributed by atoms with E-state index in [4.69, 9.17) is 11.1 Å². The first-order valence-electron chi connectivity index (χ1n) is 6.39. The molecular weight excluding hydrogens is 264 g/mol. The summed E-state index contributed by atoms with van der Waals surface area (Å²) >= 11 is 0. The second-order valence-electron chi connectivity index (χ2n) is 4.79. The molecule has 2 aromatic rings. The third-order valence-electron chi connectivity index (χ3n) is 3.20. The summed E-state index contributed by atoms with van der Waals surface area (Å²) in [4.78, 5) is 13.4. The maximum Gasteiger partial charge on any atom is 0.265 e. The Labute approximate surface area is 123 Å². The Bertz CT molecular complexity index is 699. The Morgan fingerprint density at radius 2 is 1.86 bits per heavy atom. The minimum Gasteiger partial charge on any atom is -0.377 e. The molecule has 21 heavy (non-hydrogen) atoms. The van der Waals surface area contributed by atoms with Gasteiger partial charge in [-0.15, -0.1) is 0 Å². The zero-order chi connectivity index (χ0) is 15.4. The van der Waals surface area contributed by atoms with Crippen LogP contribution in [0.2, 0.25) is 0 Å². The van der Waals surface area contributed by atoms with Gasteiger partial charge in [0.15, 0.2) is 0 Å². The maximum absolute atomic E-state index is 11.4. The summed E-state index contributed by atoms with van der Waals surface area (Å²) in [5.74, 6) is 4.79. The highest BCUT2D eigenvalue weighted by molar-refractivity contribution is 5.94. The summed E-state index contributed by atoms with van der Waals surface area (Å²) < 4.78 is 0. The Morgan fingerprint density at radius 3 is 2.38 bits per heavy atom. The van der Waals surface area contributed by atoms with E-state index in [-0.39, 0.29) is 5.91 Å². The van der Waals surface area contributed by atoms with Crippen molar-refractivity contribution in [1.29, 1.82) is 5.26 Å². The van der Waals surface area contributed by atoms with Gasteiger partial charge in [0.05, 0.1) is 11.6 Å². The zero-order valence-corrected chi connectivity index (χ0v) is 11.9. The second-order valence-corrected chi connectivity index (χ2v) is 4.79. The molecule has 0 heterocycles. The first kappa shape index (κ1) is 14.6. The van der Waals surface area contributed by atoms with E-state index in [2.05, 4.69) is 11.5 Å². The smallest absolute Gasteiger partial charge is 0.265 e. The highest BCUT2D eigenvalue weighted by Crippen LogP contribution is 2.30. The summed E-state index contributed by atoms with van der Waals surface area (Å²) in [5, 5.41) is 9.01. The fourth-order valence-corrected chi connectivity index (χ4v) is 2.10. The number of hydrogen-bond acceptors (Lipinski definition) is 4. The van der Waals surface area contributed by atoms with Gasteiger partial charge < -0.3 is 4.90 Å². The van der Waals surface area contributed by atoms with Crippen LogP contribution < -0.4 is 16.2 Å². The summed E-state index contributed by atoms with van der Waals surface area (Å²) in [6, 6.07) is 14.8. The molecule has 0 aliphatic carbocycles. The number of carbonyl (C=O) groups is 1. The minimum absolute atomic E-state index is 0.325. The van der Waals surface area contributed by atoms with Crippen molar-refractivity contribution in [2.75, 3.05) is 19.0 Å². The summed E-state index contributed by atoms with van der Waals surface area (Å²) in [6.07, 6.45) is 0. The highest BCUT2D eigenvalue weighted by atomic mass is 16.2. The number of nitriles is 1. The molecule has 0 aromatic heterocycles. The zero-order valence-electron chi connectivity index (χ0n) is 11.9. The average molecular weight is 280 g/mol. The van der Waals surface area contributed by atoms with Crippen molar-refractivity contribution in [3.05, 3.63) is 53.6 Å². The van der Waals surface area contributed by atoms with Crippen LogP contribution in [-0.2, 0) is 0 Å². The maximum atomic E-state index is 11.4. The topological polar surface area (TPSA) is 82.2 Å². The van der Waals surface area contributed by atoms with E-state index in [0.717, 1.165) is 16.8 Å². The number of rotatable bonds is 3. The highest BCUT2D eigenvalue weighted by Gasteiger charge is 2.09. The summed E-state index contributed by atoms with van der Waals surface area (Å²) in [6.45, 7) is 0. The number of nitrogen functional groups attached to an aromatic ring is 1. The Balaban J connectivity index is 2.47. The molecule has 1 amide bonds. The predicted molar refractivity (Wildman–Crippen MR) is 82.6 cm³/mol. The van der Waals surface area contributed by atoms with E-state index < -0.39 is 0 Å². The van der Waals surface area contributed by atoms with Crippen molar-refractivity contribution < 1.29 is 4.79 Å². The first-order chi connectivity index (χ1) is 10.1. The molecule has 5 heteroatoms. The summed E-state index contributed by atoms with van der Waals surface area (Å²) in [5.41, 5.74) is 6.13. The van der Waals surface area contributed by atoms with Gasteiger partial charge in [-0.1, -0.05) is 18.2 Å². The number of benzene rings is 2. The van der Waals surface area contributed by atoms with Crippen LogP contribution in [0.3, 0.4) is 0 Å². The third kappa shape index (κ3) is 3.02. The lowest BCUT2D eigenvalue weighted by atomic mass is 10.00. The number of amides is 1. The van der Waals surface area contributed by atoms with Gasteiger partial charge in [0.2, 0.25) is 0 Å². The van der Waals surface area contributed by atoms with Crippen LogP contribution in [0.5, 0.6) is 0 Å². The quantitative estimate of drug-likeness (QED) is 0.511. The van der Waals surface area contributed by atoms with Crippen LogP contribution >= 0.6 is 0 Å². The molecule has 0 radical (unpaired) electrons. The number of nitrogens with two attached hydrogens (primary N) is 1. The van der Waals surface area contributed by atoms with Gasteiger partial charge >= 0.3 is 0 Å². The van der Waals surface area contributed by atoms with Crippen LogP contribution in [0, 0.1) is 11.3 Å². The molecule has 5 nitrogen and oxygen atoms in total. The number of nitrogens with zero attached hydrogens (tertiary/aromatic N) is 2. The van der Waals surface area contributed by atoms with Crippen molar-refractivity contribution in [2.45, 2.75) is 0 Å². The molecule has 0 saturated heterocycles. The monoisotopic (exact) mass is 280 g/mol. The minimum atomic E-state index is -0.325. The van der Waals surface area contributed by atoms with Crippen molar-refractivity contribution in [1.82, 2.24) is 5.43 Å². The summed E-state index contributed by atoms with van der Waals surface area (Å²) in [7, 11) is 3.85. The van der Waals surface area contributed by atoms with Gasteiger partial charge in [0.25, 0.3) is 5.91 Å². The predicted octanol–water partition coefficient (Wildman–Crippen LogP) is 1.89. The van der Waals surface area contributed by atoms with Crippen LogP contribution in [0.15, 0.2) is 42.5 Å². The largest absolute Gasteiger partial charge is 0.377 e. The first-order valence-corrected chi connectivity index (χ1v) is 6.39. The molecule has 0 aliphatic rings. The lowest BCUT2D eigenvalue weighted by molar-refractivity contribution is 0.0953. The van der Waals surface area contributed by atoms with E-state index in [0.29, 0.717) is 11.1 Å². The molecule has 0 atom stereocenters. The average Bonchev–Trinajstić information content (AvgIpc) is 2.53. The number of nitrogens with one attached hydrogen (secondary N) is 1. The van der Waals surface area contributed by atoms with Crippen LogP contribution in [-0.4, -0.2) is 20.0 Å². The van der Waals surface area contributed by atoms with Gasteiger partial charge in [-0.25, -0.2) is 5.84 Å². The Kier molecular flexibility index (Phi) is 4.21. The number of anilines is 1. The van der Waals surface area contributed by atoms with Crippen LogP contribution in [0.4, 0.5) is 5.69 Å². The molecule has 0 fully saturated rings. The number of hydrogen-bond donors (Lipinski definition) is 2. The molecule has 0 bridgehead atoms. The van der Waals surface area contributed by atoms with Gasteiger partial charge in [0.1, 0.15) is 0 Å². The molecule has 0 unspecified atom stereocenters. The fourth-order valence-electron chi connectivity index (χ4n) is 2.10. The SMILES string of the molecule is CN(C)c1cc(C#N)ccc1-c1ccc(C(=O)NN)cc1. The van der Waals surface area contributed by atoms with Crippen molar-refractivity contribution in [3.63, 3.8) is 0 Å². The Morgan fingerprint density at radius 1 is 1.19 bits per heavy atom. The van der Waals surface area contributed by atoms with E-state index in [1.54, 1.807) is 18.2 Å². The molecule has 0 spiro atoms. The molecule has 3 N–H and O–H groups in total. The molecule has 106 valence electrons. The van der Waals surface area contributed by atoms with Crippen molar-refractivity contribution in [3.8, 4) is 17.2 Å². The second kappa shape index (κ2) is 6.07. The molecule has 2 rings (SSSR count). The lowest BCUT2D eigenvalue weighted by Gasteiger charge is -2.18. The van der Waals surface area contributed by atoms with Gasteiger partial charge in [-0.05, 0) is 29.8 Å². The van der Waals surface area contributed by atoms with Crippen molar-refractivity contribution in [2.24, 2.45) is 5.84 Å².